The lowest BCUT2D eigenvalue weighted by molar-refractivity contribution is -0.0225. The smallest absolute Gasteiger partial charge is 0.256 e. The maximum Gasteiger partial charge on any atom is 0.256 e. The first-order valence-corrected chi connectivity index (χ1v) is 7.50. The summed E-state index contributed by atoms with van der Waals surface area (Å²) in [4.78, 5) is 14.6. The Balaban J connectivity index is 2.11. The Morgan fingerprint density at radius 2 is 2.20 bits per heavy atom. The molecule has 1 fully saturated rings. The van der Waals surface area contributed by atoms with Crippen LogP contribution < -0.4 is 5.32 Å². The van der Waals surface area contributed by atoms with Crippen molar-refractivity contribution in [2.45, 2.75) is 32.8 Å². The van der Waals surface area contributed by atoms with Gasteiger partial charge >= 0.3 is 0 Å². The second-order valence-electron chi connectivity index (χ2n) is 5.12. The molecule has 1 aromatic carbocycles. The van der Waals surface area contributed by atoms with Crippen LogP contribution in [0.25, 0.3) is 0 Å². The van der Waals surface area contributed by atoms with E-state index in [4.69, 9.17) is 4.74 Å². The van der Waals surface area contributed by atoms with Crippen LogP contribution in [0.4, 0.5) is 5.69 Å². The van der Waals surface area contributed by atoms with Gasteiger partial charge in [-0.2, -0.15) is 0 Å². The normalized spacial score (nSPS) is 18.9. The van der Waals surface area contributed by atoms with E-state index in [2.05, 4.69) is 19.2 Å². The van der Waals surface area contributed by atoms with Gasteiger partial charge in [0.15, 0.2) is 0 Å². The molecule has 20 heavy (non-hydrogen) atoms. The molecular formula is C16H24N2O2. The largest absolute Gasteiger partial charge is 0.384 e. The Hall–Kier alpha value is -1.55. The fourth-order valence-electron chi connectivity index (χ4n) is 2.40. The van der Waals surface area contributed by atoms with Crippen molar-refractivity contribution in [1.82, 2.24) is 4.90 Å². The number of para-hydroxylation sites is 1. The predicted molar refractivity (Wildman–Crippen MR) is 81.2 cm³/mol. The van der Waals surface area contributed by atoms with Crippen LogP contribution in [0.2, 0.25) is 0 Å². The number of amides is 1. The summed E-state index contributed by atoms with van der Waals surface area (Å²) in [6.07, 6.45) is 2.15. The highest BCUT2D eigenvalue weighted by atomic mass is 16.5. The molecule has 1 aromatic rings. The Morgan fingerprint density at radius 3 is 2.95 bits per heavy atom. The molecule has 1 aliphatic heterocycles. The Morgan fingerprint density at radius 1 is 1.40 bits per heavy atom. The zero-order valence-corrected chi connectivity index (χ0v) is 12.4. The van der Waals surface area contributed by atoms with Crippen molar-refractivity contribution in [2.75, 3.05) is 31.6 Å². The summed E-state index contributed by atoms with van der Waals surface area (Å²) in [6, 6.07) is 7.75. The Labute approximate surface area is 121 Å². The number of hydrogen-bond acceptors (Lipinski definition) is 3. The first-order valence-electron chi connectivity index (χ1n) is 7.50. The van der Waals surface area contributed by atoms with Gasteiger partial charge in [0.2, 0.25) is 0 Å². The molecule has 1 amide bonds. The van der Waals surface area contributed by atoms with Gasteiger partial charge in [0, 0.05) is 25.3 Å². The first kappa shape index (κ1) is 14.9. The summed E-state index contributed by atoms with van der Waals surface area (Å²) in [6.45, 7) is 7.09. The van der Waals surface area contributed by atoms with Crippen molar-refractivity contribution in [1.29, 1.82) is 0 Å². The number of nitrogens with zero attached hydrogens (tertiary/aromatic N) is 1. The van der Waals surface area contributed by atoms with Crippen molar-refractivity contribution in [3.8, 4) is 0 Å². The highest BCUT2D eigenvalue weighted by molar-refractivity contribution is 5.99. The Bertz CT molecular complexity index is 448. The number of hydrogen-bond donors (Lipinski definition) is 1. The molecule has 0 aromatic heterocycles. The molecule has 1 atom stereocenters. The molecule has 1 unspecified atom stereocenters. The van der Waals surface area contributed by atoms with Gasteiger partial charge in [-0.15, -0.1) is 0 Å². The van der Waals surface area contributed by atoms with E-state index >= 15 is 0 Å². The number of rotatable bonds is 5. The third-order valence-corrected chi connectivity index (χ3v) is 3.60. The molecule has 1 heterocycles. The van der Waals surface area contributed by atoms with E-state index in [-0.39, 0.29) is 12.0 Å². The molecular weight excluding hydrogens is 252 g/mol. The van der Waals surface area contributed by atoms with Gasteiger partial charge < -0.3 is 15.0 Å². The second kappa shape index (κ2) is 7.29. The second-order valence-corrected chi connectivity index (χ2v) is 5.12. The molecule has 4 nitrogen and oxygen atoms in total. The molecule has 0 aliphatic carbocycles. The van der Waals surface area contributed by atoms with Crippen molar-refractivity contribution < 1.29 is 9.53 Å². The molecule has 0 bridgehead atoms. The summed E-state index contributed by atoms with van der Waals surface area (Å²) in [5.41, 5.74) is 1.69. The SMILES string of the molecule is CCCNc1ccccc1C(=O)N1CCOC(CC)C1. The van der Waals surface area contributed by atoms with Gasteiger partial charge in [0.25, 0.3) is 5.91 Å². The zero-order chi connectivity index (χ0) is 14.4. The zero-order valence-electron chi connectivity index (χ0n) is 12.4. The summed E-state index contributed by atoms with van der Waals surface area (Å²) < 4.78 is 5.63. The number of nitrogens with one attached hydrogen (secondary N) is 1. The molecule has 1 N–H and O–H groups in total. The van der Waals surface area contributed by atoms with Crippen molar-refractivity contribution in [2.24, 2.45) is 0 Å². The van der Waals surface area contributed by atoms with E-state index in [0.717, 1.165) is 30.6 Å². The van der Waals surface area contributed by atoms with E-state index in [9.17, 15) is 4.79 Å². The number of carbonyl (C=O) groups excluding carboxylic acids is 1. The van der Waals surface area contributed by atoms with Crippen LogP contribution in [0.15, 0.2) is 24.3 Å². The van der Waals surface area contributed by atoms with Crippen molar-refractivity contribution >= 4 is 11.6 Å². The number of morpholine rings is 1. The first-order chi connectivity index (χ1) is 9.76. The van der Waals surface area contributed by atoms with Crippen LogP contribution in [-0.4, -0.2) is 43.2 Å². The van der Waals surface area contributed by atoms with E-state index in [1.165, 1.54) is 0 Å². The minimum Gasteiger partial charge on any atom is -0.384 e. The summed E-state index contributed by atoms with van der Waals surface area (Å²) >= 11 is 0. The van der Waals surface area contributed by atoms with E-state index in [0.29, 0.717) is 19.7 Å². The molecule has 0 saturated carbocycles. The van der Waals surface area contributed by atoms with Gasteiger partial charge in [-0.25, -0.2) is 0 Å². The van der Waals surface area contributed by atoms with Gasteiger partial charge in [-0.05, 0) is 25.0 Å². The van der Waals surface area contributed by atoms with Crippen molar-refractivity contribution in [3.05, 3.63) is 29.8 Å². The fourth-order valence-corrected chi connectivity index (χ4v) is 2.40. The average molecular weight is 276 g/mol. The van der Waals surface area contributed by atoms with E-state index < -0.39 is 0 Å². The lowest BCUT2D eigenvalue weighted by Gasteiger charge is -2.33. The predicted octanol–water partition coefficient (Wildman–Crippen LogP) is 2.76. The van der Waals surface area contributed by atoms with Crippen LogP contribution in [-0.2, 0) is 4.74 Å². The van der Waals surface area contributed by atoms with E-state index in [1.807, 2.05) is 29.2 Å². The van der Waals surface area contributed by atoms with Crippen LogP contribution in [0, 0.1) is 0 Å². The van der Waals surface area contributed by atoms with Crippen molar-refractivity contribution in [3.63, 3.8) is 0 Å². The Kier molecular flexibility index (Phi) is 5.41. The lowest BCUT2D eigenvalue weighted by Crippen LogP contribution is -2.45. The number of benzene rings is 1. The van der Waals surface area contributed by atoms with Crippen LogP contribution >= 0.6 is 0 Å². The van der Waals surface area contributed by atoms with Crippen LogP contribution in [0.3, 0.4) is 0 Å². The molecule has 4 heteroatoms. The maximum atomic E-state index is 12.7. The average Bonchev–Trinajstić information content (AvgIpc) is 2.52. The minimum atomic E-state index is 0.103. The number of anilines is 1. The third-order valence-electron chi connectivity index (χ3n) is 3.60. The quantitative estimate of drug-likeness (QED) is 0.899. The minimum absolute atomic E-state index is 0.103. The highest BCUT2D eigenvalue weighted by Gasteiger charge is 2.25. The standard InChI is InChI=1S/C16H24N2O2/c1-3-9-17-15-8-6-5-7-14(15)16(19)18-10-11-20-13(4-2)12-18/h5-8,13,17H,3-4,9-12H2,1-2H3. The highest BCUT2D eigenvalue weighted by Crippen LogP contribution is 2.19. The monoisotopic (exact) mass is 276 g/mol. The topological polar surface area (TPSA) is 41.6 Å². The molecule has 0 radical (unpaired) electrons. The van der Waals surface area contributed by atoms with Gasteiger partial charge in [0.1, 0.15) is 0 Å². The van der Waals surface area contributed by atoms with Gasteiger partial charge in [0.05, 0.1) is 18.3 Å². The summed E-state index contributed by atoms with van der Waals surface area (Å²) in [5, 5.41) is 3.33. The summed E-state index contributed by atoms with van der Waals surface area (Å²) in [7, 11) is 0. The molecule has 110 valence electrons. The summed E-state index contributed by atoms with van der Waals surface area (Å²) in [5.74, 6) is 0.103. The van der Waals surface area contributed by atoms with Crippen LogP contribution in [0.5, 0.6) is 0 Å². The molecule has 1 saturated heterocycles. The fraction of sp³-hybridized carbons (Fsp3) is 0.562. The number of ether oxygens (including phenoxy) is 1. The number of carbonyl (C=O) groups is 1. The lowest BCUT2D eigenvalue weighted by atomic mass is 10.1. The van der Waals surface area contributed by atoms with E-state index in [1.54, 1.807) is 0 Å². The molecule has 1 aliphatic rings. The van der Waals surface area contributed by atoms with Gasteiger partial charge in [-0.3, -0.25) is 4.79 Å². The van der Waals surface area contributed by atoms with Gasteiger partial charge in [-0.1, -0.05) is 26.0 Å². The molecule has 2 rings (SSSR count). The third kappa shape index (κ3) is 3.51. The van der Waals surface area contributed by atoms with Crippen LogP contribution in [0.1, 0.15) is 37.0 Å². The maximum absolute atomic E-state index is 12.7. The molecule has 0 spiro atoms.